The Morgan fingerprint density at radius 3 is 2.47 bits per heavy atom. The quantitative estimate of drug-likeness (QED) is 0.397. The molecule has 6 heteroatoms. The number of ether oxygens (including phenoxy) is 1. The molecular formula is C26H26ClNO3S. The summed E-state index contributed by atoms with van der Waals surface area (Å²) in [6.45, 7) is 7.70. The van der Waals surface area contributed by atoms with Gasteiger partial charge in [0.25, 0.3) is 0 Å². The lowest BCUT2D eigenvalue weighted by atomic mass is 9.97. The van der Waals surface area contributed by atoms with Crippen molar-refractivity contribution in [1.29, 1.82) is 0 Å². The minimum absolute atomic E-state index is 0.0717. The second-order valence-corrected chi connectivity index (χ2v) is 9.93. The highest BCUT2D eigenvalue weighted by molar-refractivity contribution is 7.15. The Kier molecular flexibility index (Phi) is 6.40. The van der Waals surface area contributed by atoms with Crippen molar-refractivity contribution in [3.05, 3.63) is 75.1 Å². The van der Waals surface area contributed by atoms with Crippen LogP contribution < -0.4 is 5.32 Å². The van der Waals surface area contributed by atoms with Crippen LogP contribution in [0.4, 0.5) is 5.00 Å². The second kappa shape index (κ2) is 9.08. The smallest absolute Gasteiger partial charge is 0.342 e. The van der Waals surface area contributed by atoms with Gasteiger partial charge in [0.1, 0.15) is 10.6 Å². The van der Waals surface area contributed by atoms with Gasteiger partial charge in [-0.3, -0.25) is 4.79 Å². The monoisotopic (exact) mass is 467 g/mol. The first-order valence-electron chi connectivity index (χ1n) is 10.7. The van der Waals surface area contributed by atoms with Gasteiger partial charge in [0, 0.05) is 21.9 Å². The summed E-state index contributed by atoms with van der Waals surface area (Å²) in [5, 5.41) is 6.16. The van der Waals surface area contributed by atoms with E-state index in [0.717, 1.165) is 34.2 Å². The van der Waals surface area contributed by atoms with Gasteiger partial charge in [0.2, 0.25) is 5.91 Å². The molecule has 32 heavy (non-hydrogen) atoms. The predicted molar refractivity (Wildman–Crippen MR) is 131 cm³/mol. The summed E-state index contributed by atoms with van der Waals surface area (Å²) in [6, 6.07) is 13.8. The Labute approximate surface area is 197 Å². The molecule has 2 aromatic carbocycles. The lowest BCUT2D eigenvalue weighted by molar-refractivity contribution is -0.117. The maximum absolute atomic E-state index is 13.0. The van der Waals surface area contributed by atoms with E-state index < -0.39 is 5.97 Å². The van der Waals surface area contributed by atoms with Crippen molar-refractivity contribution in [2.45, 2.75) is 46.1 Å². The zero-order chi connectivity index (χ0) is 23.0. The predicted octanol–water partition coefficient (Wildman–Crippen LogP) is 6.99. The fourth-order valence-electron chi connectivity index (χ4n) is 4.01. The molecule has 2 unspecified atom stereocenters. The fraction of sp³-hybridized carbons (Fsp3) is 0.308. The Morgan fingerprint density at radius 1 is 1.09 bits per heavy atom. The molecule has 1 saturated carbocycles. The average Bonchev–Trinajstić information content (AvgIpc) is 3.42. The molecule has 1 fully saturated rings. The minimum Gasteiger partial charge on any atom is -0.459 e. The number of hydrogen-bond acceptors (Lipinski definition) is 4. The molecule has 1 aliphatic rings. The molecule has 0 bridgehead atoms. The van der Waals surface area contributed by atoms with E-state index in [1.54, 1.807) is 0 Å². The van der Waals surface area contributed by atoms with Gasteiger partial charge in [-0.1, -0.05) is 47.5 Å². The van der Waals surface area contributed by atoms with Gasteiger partial charge in [-0.2, -0.15) is 0 Å². The Morgan fingerprint density at radius 2 is 1.81 bits per heavy atom. The molecule has 1 N–H and O–H groups in total. The van der Waals surface area contributed by atoms with Gasteiger partial charge in [-0.15, -0.1) is 11.3 Å². The molecule has 1 aliphatic carbocycles. The third-order valence-electron chi connectivity index (χ3n) is 5.67. The van der Waals surface area contributed by atoms with Gasteiger partial charge >= 0.3 is 5.97 Å². The molecule has 3 aromatic rings. The first kappa shape index (κ1) is 22.6. The molecule has 0 aliphatic heterocycles. The third kappa shape index (κ3) is 4.74. The van der Waals surface area contributed by atoms with Gasteiger partial charge in [-0.05, 0) is 68.9 Å². The standard InChI is InChI=1S/C26H26ClNO3S/c1-14(2)31-26(30)23-22(19-10-5-15(3)11-16(19)4)13-32-25(23)28-24(29)21-12-20(21)17-6-8-18(27)9-7-17/h5-11,13-14,20-21H,12H2,1-4H3,(H,28,29). The average molecular weight is 468 g/mol. The van der Waals surface area contributed by atoms with Crippen molar-refractivity contribution in [1.82, 2.24) is 0 Å². The summed E-state index contributed by atoms with van der Waals surface area (Å²) in [6.07, 6.45) is 0.532. The lowest BCUT2D eigenvalue weighted by Crippen LogP contribution is -2.18. The van der Waals surface area contributed by atoms with E-state index in [1.165, 1.54) is 11.3 Å². The summed E-state index contributed by atoms with van der Waals surface area (Å²) in [5.74, 6) is -0.428. The van der Waals surface area contributed by atoms with Crippen molar-refractivity contribution in [3.63, 3.8) is 0 Å². The lowest BCUT2D eigenvalue weighted by Gasteiger charge is -2.13. The number of anilines is 1. The van der Waals surface area contributed by atoms with E-state index in [2.05, 4.69) is 11.4 Å². The molecular weight excluding hydrogens is 442 g/mol. The third-order valence-corrected chi connectivity index (χ3v) is 6.82. The SMILES string of the molecule is Cc1ccc(-c2csc(NC(=O)C3CC3c3ccc(Cl)cc3)c2C(=O)OC(C)C)c(C)c1. The number of thiophene rings is 1. The highest BCUT2D eigenvalue weighted by Crippen LogP contribution is 2.49. The molecule has 0 spiro atoms. The molecule has 0 radical (unpaired) electrons. The number of hydrogen-bond donors (Lipinski definition) is 1. The molecule has 1 aromatic heterocycles. The normalized spacial score (nSPS) is 17.3. The minimum atomic E-state index is -0.420. The van der Waals surface area contributed by atoms with E-state index in [1.807, 2.05) is 69.5 Å². The molecule has 1 amide bonds. The largest absolute Gasteiger partial charge is 0.459 e. The highest BCUT2D eigenvalue weighted by Gasteiger charge is 2.44. The van der Waals surface area contributed by atoms with Crippen LogP contribution in [0, 0.1) is 19.8 Å². The number of aryl methyl sites for hydroxylation is 2. The van der Waals surface area contributed by atoms with Gasteiger partial charge in [0.05, 0.1) is 6.10 Å². The van der Waals surface area contributed by atoms with Crippen LogP contribution in [-0.4, -0.2) is 18.0 Å². The summed E-state index contributed by atoms with van der Waals surface area (Å²) in [5.41, 5.74) is 5.52. The van der Waals surface area contributed by atoms with Crippen LogP contribution in [0.5, 0.6) is 0 Å². The van der Waals surface area contributed by atoms with Crippen LogP contribution in [0.1, 0.15) is 53.2 Å². The first-order chi connectivity index (χ1) is 15.2. The van der Waals surface area contributed by atoms with Crippen molar-refractivity contribution in [2.24, 2.45) is 5.92 Å². The molecule has 166 valence electrons. The number of esters is 1. The number of rotatable bonds is 6. The van der Waals surface area contributed by atoms with E-state index in [4.69, 9.17) is 16.3 Å². The van der Waals surface area contributed by atoms with Crippen molar-refractivity contribution in [3.8, 4) is 11.1 Å². The van der Waals surface area contributed by atoms with Crippen LogP contribution in [0.2, 0.25) is 5.02 Å². The molecule has 4 rings (SSSR count). The van der Waals surface area contributed by atoms with Crippen molar-refractivity contribution in [2.75, 3.05) is 5.32 Å². The van der Waals surface area contributed by atoms with Crippen LogP contribution in [0.3, 0.4) is 0 Å². The summed E-state index contributed by atoms with van der Waals surface area (Å²) >= 11 is 7.34. The van der Waals surface area contributed by atoms with Crippen LogP contribution in [0.15, 0.2) is 47.8 Å². The summed E-state index contributed by atoms with van der Waals surface area (Å²) in [4.78, 5) is 26.0. The Bertz CT molecular complexity index is 1170. The second-order valence-electron chi connectivity index (χ2n) is 8.62. The Hall–Kier alpha value is -2.63. The molecule has 0 saturated heterocycles. The Balaban J connectivity index is 1.61. The van der Waals surface area contributed by atoms with E-state index >= 15 is 0 Å². The number of carbonyl (C=O) groups is 2. The van der Waals surface area contributed by atoms with Crippen molar-refractivity contribution >= 4 is 39.8 Å². The number of benzene rings is 2. The van der Waals surface area contributed by atoms with Gasteiger partial charge < -0.3 is 10.1 Å². The highest BCUT2D eigenvalue weighted by atomic mass is 35.5. The van der Waals surface area contributed by atoms with Crippen LogP contribution in [-0.2, 0) is 9.53 Å². The van der Waals surface area contributed by atoms with E-state index in [0.29, 0.717) is 15.6 Å². The molecule has 4 nitrogen and oxygen atoms in total. The van der Waals surface area contributed by atoms with Gasteiger partial charge in [0.15, 0.2) is 0 Å². The zero-order valence-electron chi connectivity index (χ0n) is 18.6. The number of carbonyl (C=O) groups excluding carboxylic acids is 2. The zero-order valence-corrected chi connectivity index (χ0v) is 20.1. The van der Waals surface area contributed by atoms with Crippen molar-refractivity contribution < 1.29 is 14.3 Å². The van der Waals surface area contributed by atoms with Crippen LogP contribution >= 0.6 is 22.9 Å². The maximum Gasteiger partial charge on any atom is 0.342 e. The topological polar surface area (TPSA) is 55.4 Å². The summed E-state index contributed by atoms with van der Waals surface area (Å²) in [7, 11) is 0. The van der Waals surface area contributed by atoms with Gasteiger partial charge in [-0.25, -0.2) is 4.79 Å². The fourth-order valence-corrected chi connectivity index (χ4v) is 5.08. The van der Waals surface area contributed by atoms with E-state index in [-0.39, 0.29) is 23.8 Å². The first-order valence-corrected chi connectivity index (χ1v) is 12.0. The number of halogens is 1. The number of amides is 1. The molecule has 1 heterocycles. The van der Waals surface area contributed by atoms with Crippen LogP contribution in [0.25, 0.3) is 11.1 Å². The maximum atomic E-state index is 13.0. The summed E-state index contributed by atoms with van der Waals surface area (Å²) < 4.78 is 5.52. The number of nitrogens with one attached hydrogen (secondary N) is 1. The van der Waals surface area contributed by atoms with E-state index in [9.17, 15) is 9.59 Å². The molecule has 2 atom stereocenters.